The minimum Gasteiger partial charge on any atom is -0.311 e. The van der Waals surface area contributed by atoms with E-state index in [4.69, 9.17) is 0 Å². The van der Waals surface area contributed by atoms with Gasteiger partial charge in [0.25, 0.3) is 0 Å². The van der Waals surface area contributed by atoms with Crippen LogP contribution in [-0.2, 0) is 0 Å². The summed E-state index contributed by atoms with van der Waals surface area (Å²) in [6.45, 7) is 11.5. The monoisotopic (exact) mass is 246 g/mol. The van der Waals surface area contributed by atoms with Crippen molar-refractivity contribution in [1.82, 2.24) is 10.2 Å². The van der Waals surface area contributed by atoms with E-state index in [1.165, 1.54) is 5.56 Å². The molecule has 1 aliphatic rings. The van der Waals surface area contributed by atoms with Crippen LogP contribution in [0.3, 0.4) is 0 Å². The van der Waals surface area contributed by atoms with E-state index >= 15 is 0 Å². The van der Waals surface area contributed by atoms with Gasteiger partial charge in [-0.1, -0.05) is 44.2 Å². The van der Waals surface area contributed by atoms with Crippen LogP contribution in [0.25, 0.3) is 0 Å². The molecule has 3 atom stereocenters. The van der Waals surface area contributed by atoms with E-state index in [2.05, 4.69) is 68.2 Å². The maximum Gasteiger partial charge on any atom is 0.0324 e. The molecule has 1 aromatic carbocycles. The topological polar surface area (TPSA) is 15.3 Å². The van der Waals surface area contributed by atoms with Crippen LogP contribution in [-0.4, -0.2) is 30.1 Å². The summed E-state index contributed by atoms with van der Waals surface area (Å²) in [7, 11) is 0. The Bertz CT molecular complexity index is 361. The van der Waals surface area contributed by atoms with Crippen LogP contribution in [0.2, 0.25) is 0 Å². The Labute approximate surface area is 111 Å². The van der Waals surface area contributed by atoms with Gasteiger partial charge in [-0.15, -0.1) is 0 Å². The van der Waals surface area contributed by atoms with Crippen LogP contribution in [0.5, 0.6) is 0 Å². The molecule has 100 valence electrons. The second kappa shape index (κ2) is 5.85. The molecule has 18 heavy (non-hydrogen) atoms. The molecule has 1 fully saturated rings. The first-order chi connectivity index (χ1) is 8.59. The van der Waals surface area contributed by atoms with Gasteiger partial charge in [0.1, 0.15) is 0 Å². The van der Waals surface area contributed by atoms with Gasteiger partial charge < -0.3 is 5.32 Å². The first kappa shape index (κ1) is 13.6. The van der Waals surface area contributed by atoms with Crippen LogP contribution in [0, 0.1) is 5.92 Å². The Morgan fingerprint density at radius 3 is 2.44 bits per heavy atom. The van der Waals surface area contributed by atoms with Gasteiger partial charge in [0.05, 0.1) is 0 Å². The van der Waals surface area contributed by atoms with Crippen molar-refractivity contribution >= 4 is 0 Å². The average Bonchev–Trinajstić information content (AvgIpc) is 2.38. The molecule has 0 aromatic heterocycles. The van der Waals surface area contributed by atoms with E-state index in [1.807, 2.05) is 0 Å². The van der Waals surface area contributed by atoms with Gasteiger partial charge in [-0.25, -0.2) is 0 Å². The highest BCUT2D eigenvalue weighted by Gasteiger charge is 2.31. The number of hydrogen-bond donors (Lipinski definition) is 1. The highest BCUT2D eigenvalue weighted by atomic mass is 15.3. The molecular weight excluding hydrogens is 220 g/mol. The SMILES string of the molecule is CC1CN(C(C)c2ccccc2)C(C(C)C)CN1. The molecule has 0 spiro atoms. The summed E-state index contributed by atoms with van der Waals surface area (Å²) >= 11 is 0. The summed E-state index contributed by atoms with van der Waals surface area (Å²) < 4.78 is 0. The zero-order chi connectivity index (χ0) is 13.1. The quantitative estimate of drug-likeness (QED) is 0.882. The van der Waals surface area contributed by atoms with Crippen LogP contribution in [0.1, 0.15) is 39.3 Å². The Balaban J connectivity index is 2.17. The highest BCUT2D eigenvalue weighted by Crippen LogP contribution is 2.27. The lowest BCUT2D eigenvalue weighted by atomic mass is 9.95. The van der Waals surface area contributed by atoms with Crippen molar-refractivity contribution in [3.63, 3.8) is 0 Å². The summed E-state index contributed by atoms with van der Waals surface area (Å²) in [5, 5.41) is 3.61. The summed E-state index contributed by atoms with van der Waals surface area (Å²) in [4.78, 5) is 2.67. The van der Waals surface area contributed by atoms with Crippen LogP contribution < -0.4 is 5.32 Å². The number of piperazine rings is 1. The van der Waals surface area contributed by atoms with Crippen molar-refractivity contribution in [2.75, 3.05) is 13.1 Å². The molecule has 1 N–H and O–H groups in total. The maximum atomic E-state index is 3.61. The van der Waals surface area contributed by atoms with Crippen molar-refractivity contribution in [3.8, 4) is 0 Å². The maximum absolute atomic E-state index is 3.61. The van der Waals surface area contributed by atoms with Gasteiger partial charge in [0, 0.05) is 31.2 Å². The molecule has 0 saturated carbocycles. The number of benzene rings is 1. The zero-order valence-corrected chi connectivity index (χ0v) is 12.1. The van der Waals surface area contributed by atoms with E-state index in [0.717, 1.165) is 13.1 Å². The number of nitrogens with one attached hydrogen (secondary N) is 1. The third-order valence-electron chi connectivity index (χ3n) is 4.14. The van der Waals surface area contributed by atoms with Gasteiger partial charge in [-0.05, 0) is 25.3 Å². The molecule has 3 unspecified atom stereocenters. The third-order valence-corrected chi connectivity index (χ3v) is 4.14. The lowest BCUT2D eigenvalue weighted by Crippen LogP contribution is -2.57. The highest BCUT2D eigenvalue weighted by molar-refractivity contribution is 5.19. The first-order valence-electron chi connectivity index (χ1n) is 7.13. The van der Waals surface area contributed by atoms with E-state index in [9.17, 15) is 0 Å². The van der Waals surface area contributed by atoms with Crippen molar-refractivity contribution < 1.29 is 0 Å². The van der Waals surface area contributed by atoms with Gasteiger partial charge in [-0.2, -0.15) is 0 Å². The molecule has 0 aliphatic carbocycles. The summed E-state index contributed by atoms with van der Waals surface area (Å²) in [6.07, 6.45) is 0. The number of rotatable bonds is 3. The van der Waals surface area contributed by atoms with Gasteiger partial charge in [0.15, 0.2) is 0 Å². The molecule has 2 rings (SSSR count). The predicted octanol–water partition coefficient (Wildman–Crippen LogP) is 3.07. The van der Waals surface area contributed by atoms with Crippen LogP contribution in [0.4, 0.5) is 0 Å². The van der Waals surface area contributed by atoms with Gasteiger partial charge >= 0.3 is 0 Å². The largest absolute Gasteiger partial charge is 0.311 e. The Morgan fingerprint density at radius 1 is 1.17 bits per heavy atom. The molecule has 0 amide bonds. The second-order valence-corrected chi connectivity index (χ2v) is 5.90. The Morgan fingerprint density at radius 2 is 1.83 bits per heavy atom. The van der Waals surface area contributed by atoms with Gasteiger partial charge in [-0.3, -0.25) is 4.90 Å². The minimum absolute atomic E-state index is 0.503. The normalized spacial score (nSPS) is 27.4. The molecule has 0 radical (unpaired) electrons. The first-order valence-corrected chi connectivity index (χ1v) is 7.13. The molecular formula is C16H26N2. The fraction of sp³-hybridized carbons (Fsp3) is 0.625. The number of hydrogen-bond acceptors (Lipinski definition) is 2. The summed E-state index contributed by atoms with van der Waals surface area (Å²) in [5.41, 5.74) is 1.43. The smallest absolute Gasteiger partial charge is 0.0324 e. The molecule has 1 aliphatic heterocycles. The van der Waals surface area contributed by atoms with E-state index in [1.54, 1.807) is 0 Å². The minimum atomic E-state index is 0.503. The molecule has 2 nitrogen and oxygen atoms in total. The zero-order valence-electron chi connectivity index (χ0n) is 12.1. The predicted molar refractivity (Wildman–Crippen MR) is 77.7 cm³/mol. The van der Waals surface area contributed by atoms with E-state index in [-0.39, 0.29) is 0 Å². The summed E-state index contributed by atoms with van der Waals surface area (Å²) in [6, 6.07) is 12.6. The molecule has 1 saturated heterocycles. The fourth-order valence-corrected chi connectivity index (χ4v) is 2.94. The van der Waals surface area contributed by atoms with Gasteiger partial charge in [0.2, 0.25) is 0 Å². The third kappa shape index (κ3) is 2.93. The van der Waals surface area contributed by atoms with E-state index in [0.29, 0.717) is 24.0 Å². The van der Waals surface area contributed by atoms with Crippen LogP contribution >= 0.6 is 0 Å². The summed E-state index contributed by atoms with van der Waals surface area (Å²) in [5.74, 6) is 0.691. The van der Waals surface area contributed by atoms with Crippen LogP contribution in [0.15, 0.2) is 30.3 Å². The van der Waals surface area contributed by atoms with Crippen molar-refractivity contribution in [2.24, 2.45) is 5.92 Å². The fourth-order valence-electron chi connectivity index (χ4n) is 2.94. The van der Waals surface area contributed by atoms with E-state index < -0.39 is 0 Å². The van der Waals surface area contributed by atoms with Crippen molar-refractivity contribution in [3.05, 3.63) is 35.9 Å². The van der Waals surface area contributed by atoms with Crippen molar-refractivity contribution in [1.29, 1.82) is 0 Å². The standard InChI is InChI=1S/C16H26N2/c1-12(2)16-10-17-13(3)11-18(16)14(4)15-8-6-5-7-9-15/h5-9,12-14,16-17H,10-11H2,1-4H3. The Kier molecular flexibility index (Phi) is 4.41. The lowest BCUT2D eigenvalue weighted by Gasteiger charge is -2.45. The molecule has 0 bridgehead atoms. The lowest BCUT2D eigenvalue weighted by molar-refractivity contribution is 0.0657. The second-order valence-electron chi connectivity index (χ2n) is 5.90. The average molecular weight is 246 g/mol. The Hall–Kier alpha value is -0.860. The van der Waals surface area contributed by atoms with Crippen molar-refractivity contribution in [2.45, 2.75) is 45.8 Å². The molecule has 2 heteroatoms. The number of nitrogens with zero attached hydrogens (tertiary/aromatic N) is 1. The molecule has 1 heterocycles. The molecule has 1 aromatic rings.